The summed E-state index contributed by atoms with van der Waals surface area (Å²) in [4.78, 5) is 13.4. The van der Waals surface area contributed by atoms with Gasteiger partial charge in [0.15, 0.2) is 18.2 Å². The highest BCUT2D eigenvalue weighted by molar-refractivity contribution is 5.77. The van der Waals surface area contributed by atoms with E-state index < -0.39 is 5.82 Å². The maximum absolute atomic E-state index is 13.7. The van der Waals surface area contributed by atoms with Crippen molar-refractivity contribution in [3.63, 3.8) is 0 Å². The molecule has 19 heavy (non-hydrogen) atoms. The molecular weight excluding hydrogens is 247 g/mol. The van der Waals surface area contributed by atoms with Gasteiger partial charge in [0, 0.05) is 13.1 Å². The molecule has 1 aromatic carbocycles. The number of carbonyl (C=O) groups excluding carboxylic acids is 1. The summed E-state index contributed by atoms with van der Waals surface area (Å²) in [6.07, 6.45) is 0.515. The minimum atomic E-state index is -0.467. The van der Waals surface area contributed by atoms with E-state index in [4.69, 9.17) is 10.5 Å². The van der Waals surface area contributed by atoms with Crippen molar-refractivity contribution in [2.24, 2.45) is 5.73 Å². The molecule has 0 aromatic heterocycles. The molecule has 106 valence electrons. The number of hydrogen-bond acceptors (Lipinski definition) is 3. The highest BCUT2D eigenvalue weighted by Crippen LogP contribution is 2.23. The van der Waals surface area contributed by atoms with Crippen LogP contribution in [-0.2, 0) is 11.2 Å². The molecule has 4 nitrogen and oxygen atoms in total. The van der Waals surface area contributed by atoms with Crippen molar-refractivity contribution in [2.45, 2.75) is 26.3 Å². The first-order valence-electron chi connectivity index (χ1n) is 6.33. The maximum atomic E-state index is 13.7. The first-order chi connectivity index (χ1) is 8.97. The van der Waals surface area contributed by atoms with Crippen LogP contribution in [0.1, 0.15) is 19.4 Å². The van der Waals surface area contributed by atoms with Crippen LogP contribution < -0.4 is 10.5 Å². The van der Waals surface area contributed by atoms with Crippen LogP contribution in [0.25, 0.3) is 0 Å². The predicted octanol–water partition coefficient (Wildman–Crippen LogP) is 1.57. The topological polar surface area (TPSA) is 55.6 Å². The van der Waals surface area contributed by atoms with Gasteiger partial charge >= 0.3 is 0 Å². The van der Waals surface area contributed by atoms with Crippen molar-refractivity contribution in [1.29, 1.82) is 0 Å². The SMILES string of the molecule is CC(C)N(C)C(=O)COc1c(F)cccc1CCN. The summed E-state index contributed by atoms with van der Waals surface area (Å²) in [6.45, 7) is 4.04. The lowest BCUT2D eigenvalue weighted by atomic mass is 10.1. The second kappa shape index (κ2) is 7.09. The third kappa shape index (κ3) is 4.21. The van der Waals surface area contributed by atoms with Gasteiger partial charge < -0.3 is 15.4 Å². The highest BCUT2D eigenvalue weighted by Gasteiger charge is 2.15. The van der Waals surface area contributed by atoms with E-state index in [1.54, 1.807) is 24.1 Å². The molecule has 0 fully saturated rings. The molecule has 1 rings (SSSR count). The van der Waals surface area contributed by atoms with Crippen LogP contribution in [0.2, 0.25) is 0 Å². The fourth-order valence-electron chi connectivity index (χ4n) is 1.59. The second-order valence-corrected chi connectivity index (χ2v) is 4.65. The quantitative estimate of drug-likeness (QED) is 0.852. The summed E-state index contributed by atoms with van der Waals surface area (Å²) in [5, 5.41) is 0. The molecule has 0 heterocycles. The Kier molecular flexibility index (Phi) is 5.76. The van der Waals surface area contributed by atoms with Crippen LogP contribution in [0, 0.1) is 5.82 Å². The smallest absolute Gasteiger partial charge is 0.260 e. The van der Waals surface area contributed by atoms with Crippen LogP contribution in [0.4, 0.5) is 4.39 Å². The number of ether oxygens (including phenoxy) is 1. The Morgan fingerprint density at radius 2 is 2.16 bits per heavy atom. The van der Waals surface area contributed by atoms with E-state index in [2.05, 4.69) is 0 Å². The van der Waals surface area contributed by atoms with Crippen LogP contribution in [0.15, 0.2) is 18.2 Å². The van der Waals surface area contributed by atoms with Crippen molar-refractivity contribution >= 4 is 5.91 Å². The Hall–Kier alpha value is -1.62. The average molecular weight is 268 g/mol. The van der Waals surface area contributed by atoms with Gasteiger partial charge in [-0.2, -0.15) is 0 Å². The molecule has 1 aromatic rings. The molecule has 0 saturated carbocycles. The average Bonchev–Trinajstić information content (AvgIpc) is 2.37. The third-order valence-corrected chi connectivity index (χ3v) is 2.97. The van der Waals surface area contributed by atoms with Crippen molar-refractivity contribution in [1.82, 2.24) is 4.90 Å². The number of halogens is 1. The molecule has 2 N–H and O–H groups in total. The number of nitrogens with zero attached hydrogens (tertiary/aromatic N) is 1. The lowest BCUT2D eigenvalue weighted by molar-refractivity contribution is -0.133. The van der Waals surface area contributed by atoms with E-state index in [1.807, 2.05) is 13.8 Å². The van der Waals surface area contributed by atoms with Crippen LogP contribution in [0.3, 0.4) is 0 Å². The van der Waals surface area contributed by atoms with E-state index in [1.165, 1.54) is 6.07 Å². The molecule has 1 amide bonds. The molecule has 0 radical (unpaired) electrons. The Bertz CT molecular complexity index is 435. The minimum Gasteiger partial charge on any atom is -0.480 e. The van der Waals surface area contributed by atoms with Gasteiger partial charge in [-0.3, -0.25) is 4.79 Å². The zero-order chi connectivity index (χ0) is 14.4. The minimum absolute atomic E-state index is 0.0835. The predicted molar refractivity (Wildman–Crippen MR) is 72.6 cm³/mol. The standard InChI is InChI=1S/C14H21FN2O2/c1-10(2)17(3)13(18)9-19-14-11(7-8-16)5-4-6-12(14)15/h4-6,10H,7-9,16H2,1-3H3. The molecule has 0 aliphatic carbocycles. The Balaban J connectivity index is 2.74. The summed E-state index contributed by atoms with van der Waals surface area (Å²) < 4.78 is 19.0. The van der Waals surface area contributed by atoms with Gasteiger partial charge in [-0.25, -0.2) is 4.39 Å². The third-order valence-electron chi connectivity index (χ3n) is 2.97. The van der Waals surface area contributed by atoms with Crippen molar-refractivity contribution in [3.8, 4) is 5.75 Å². The van der Waals surface area contributed by atoms with Gasteiger partial charge in [-0.15, -0.1) is 0 Å². The fraction of sp³-hybridized carbons (Fsp3) is 0.500. The molecule has 0 aliphatic heterocycles. The van der Waals surface area contributed by atoms with E-state index >= 15 is 0 Å². The number of rotatable bonds is 6. The van der Waals surface area contributed by atoms with E-state index in [0.29, 0.717) is 18.5 Å². The molecule has 0 saturated heterocycles. The normalized spacial score (nSPS) is 10.6. The monoisotopic (exact) mass is 268 g/mol. The number of carbonyl (C=O) groups is 1. The number of amides is 1. The van der Waals surface area contributed by atoms with Gasteiger partial charge in [-0.05, 0) is 38.4 Å². The zero-order valence-electron chi connectivity index (χ0n) is 11.6. The number of hydrogen-bond donors (Lipinski definition) is 1. The Morgan fingerprint density at radius 3 is 2.74 bits per heavy atom. The van der Waals surface area contributed by atoms with Crippen LogP contribution in [-0.4, -0.2) is 37.0 Å². The van der Waals surface area contributed by atoms with Crippen molar-refractivity contribution in [3.05, 3.63) is 29.6 Å². The number of nitrogens with two attached hydrogens (primary N) is 1. The van der Waals surface area contributed by atoms with Gasteiger partial charge in [0.05, 0.1) is 0 Å². The van der Waals surface area contributed by atoms with Crippen molar-refractivity contribution in [2.75, 3.05) is 20.2 Å². The molecule has 0 aliphatic rings. The van der Waals surface area contributed by atoms with E-state index in [9.17, 15) is 9.18 Å². The molecule has 0 spiro atoms. The molecule has 5 heteroatoms. The van der Waals surface area contributed by atoms with Crippen LogP contribution in [0.5, 0.6) is 5.75 Å². The molecular formula is C14H21FN2O2. The fourth-order valence-corrected chi connectivity index (χ4v) is 1.59. The number of benzene rings is 1. The highest BCUT2D eigenvalue weighted by atomic mass is 19.1. The summed E-state index contributed by atoms with van der Waals surface area (Å²) in [5.41, 5.74) is 6.15. The first-order valence-corrected chi connectivity index (χ1v) is 6.33. The molecule has 0 unspecified atom stereocenters. The van der Waals surface area contributed by atoms with Gasteiger partial charge in [0.1, 0.15) is 0 Å². The van der Waals surface area contributed by atoms with Gasteiger partial charge in [0.2, 0.25) is 0 Å². The Morgan fingerprint density at radius 1 is 1.47 bits per heavy atom. The van der Waals surface area contributed by atoms with E-state index in [0.717, 1.165) is 0 Å². The van der Waals surface area contributed by atoms with Gasteiger partial charge in [0.25, 0.3) is 5.91 Å². The summed E-state index contributed by atoms with van der Waals surface area (Å²) >= 11 is 0. The zero-order valence-corrected chi connectivity index (χ0v) is 11.6. The second-order valence-electron chi connectivity index (χ2n) is 4.65. The summed E-state index contributed by atoms with van der Waals surface area (Å²) in [7, 11) is 1.69. The number of likely N-dealkylation sites (N-methyl/N-ethyl adjacent to an activating group) is 1. The van der Waals surface area contributed by atoms with E-state index in [-0.39, 0.29) is 24.3 Å². The lowest BCUT2D eigenvalue weighted by Gasteiger charge is -2.22. The largest absolute Gasteiger partial charge is 0.480 e. The summed E-state index contributed by atoms with van der Waals surface area (Å²) in [6, 6.07) is 4.75. The van der Waals surface area contributed by atoms with Gasteiger partial charge in [-0.1, -0.05) is 12.1 Å². The maximum Gasteiger partial charge on any atom is 0.260 e. The molecule has 0 atom stereocenters. The number of para-hydroxylation sites is 1. The molecule has 0 bridgehead atoms. The van der Waals surface area contributed by atoms with Crippen molar-refractivity contribution < 1.29 is 13.9 Å². The first kappa shape index (κ1) is 15.4. The lowest BCUT2D eigenvalue weighted by Crippen LogP contribution is -2.36. The Labute approximate surface area is 113 Å². The summed E-state index contributed by atoms with van der Waals surface area (Å²) in [5.74, 6) is -0.527. The van der Waals surface area contributed by atoms with Crippen LogP contribution >= 0.6 is 0 Å².